The molecule has 17 heavy (non-hydrogen) atoms. The van der Waals surface area contributed by atoms with Crippen LogP contribution >= 0.6 is 0 Å². The minimum absolute atomic E-state index is 0.0491. The number of hydrogen-bond donors (Lipinski definition) is 1. The predicted octanol–water partition coefficient (Wildman–Crippen LogP) is 1.94. The van der Waals surface area contributed by atoms with Gasteiger partial charge in [0.1, 0.15) is 6.04 Å². The molecule has 3 unspecified atom stereocenters. The molecule has 1 saturated heterocycles. The molecule has 0 aliphatic carbocycles. The molecule has 2 N–H and O–H groups in total. The zero-order chi connectivity index (χ0) is 12.4. The third-order valence-electron chi connectivity index (χ3n) is 3.85. The molecule has 1 aliphatic heterocycles. The average Bonchev–Trinajstić information content (AvgIpc) is 2.69. The van der Waals surface area contributed by atoms with Crippen LogP contribution in [0.25, 0.3) is 0 Å². The fourth-order valence-electron chi connectivity index (χ4n) is 2.39. The lowest BCUT2D eigenvalue weighted by molar-refractivity contribution is -0.133. The number of likely N-dealkylation sites (tertiary alicyclic amines) is 1. The number of nitrogens with two attached hydrogens (primary N) is 1. The zero-order valence-corrected chi connectivity index (χ0v) is 10.5. The van der Waals surface area contributed by atoms with Crippen molar-refractivity contribution in [2.45, 2.75) is 32.4 Å². The molecule has 0 bridgehead atoms. The first kappa shape index (κ1) is 12.1. The van der Waals surface area contributed by atoms with Crippen LogP contribution in [0, 0.1) is 5.92 Å². The molecule has 1 aromatic rings. The van der Waals surface area contributed by atoms with E-state index in [-0.39, 0.29) is 5.91 Å². The highest BCUT2D eigenvalue weighted by Crippen LogP contribution is 2.26. The highest BCUT2D eigenvalue weighted by atomic mass is 16.2. The summed E-state index contributed by atoms with van der Waals surface area (Å²) in [5.74, 6) is 0.620. The Balaban J connectivity index is 2.11. The average molecular weight is 232 g/mol. The lowest BCUT2D eigenvalue weighted by Gasteiger charge is -2.26. The Bertz CT molecular complexity index is 390. The number of rotatable bonds is 2. The number of carbonyl (C=O) groups is 1. The Hall–Kier alpha value is -1.35. The van der Waals surface area contributed by atoms with Gasteiger partial charge in [0, 0.05) is 12.6 Å². The molecule has 1 aromatic carbocycles. The van der Waals surface area contributed by atoms with Gasteiger partial charge < -0.3 is 10.6 Å². The Morgan fingerprint density at radius 2 is 2.00 bits per heavy atom. The summed E-state index contributed by atoms with van der Waals surface area (Å²) in [6, 6.07) is 9.36. The number of carbonyl (C=O) groups excluding carboxylic acids is 1. The Labute approximate surface area is 103 Å². The van der Waals surface area contributed by atoms with Crippen LogP contribution < -0.4 is 5.73 Å². The molecule has 1 aliphatic rings. The molecule has 3 atom stereocenters. The van der Waals surface area contributed by atoms with Crippen molar-refractivity contribution in [3.63, 3.8) is 0 Å². The van der Waals surface area contributed by atoms with Gasteiger partial charge in [-0.05, 0) is 24.8 Å². The molecule has 1 heterocycles. The first-order valence-electron chi connectivity index (χ1n) is 6.22. The third-order valence-corrected chi connectivity index (χ3v) is 3.85. The molecule has 0 aromatic heterocycles. The van der Waals surface area contributed by atoms with Crippen LogP contribution in [0.3, 0.4) is 0 Å². The molecular formula is C14H20N2O. The van der Waals surface area contributed by atoms with E-state index < -0.39 is 6.04 Å². The summed E-state index contributed by atoms with van der Waals surface area (Å²) < 4.78 is 0. The van der Waals surface area contributed by atoms with Crippen LogP contribution in [-0.4, -0.2) is 23.4 Å². The van der Waals surface area contributed by atoms with Crippen molar-refractivity contribution < 1.29 is 4.79 Å². The van der Waals surface area contributed by atoms with Gasteiger partial charge in [0.05, 0.1) is 0 Å². The van der Waals surface area contributed by atoms with Crippen LogP contribution in [-0.2, 0) is 4.79 Å². The third kappa shape index (κ3) is 2.34. The van der Waals surface area contributed by atoms with Crippen molar-refractivity contribution in [1.29, 1.82) is 0 Å². The maximum absolute atomic E-state index is 12.3. The first-order chi connectivity index (χ1) is 8.11. The van der Waals surface area contributed by atoms with E-state index in [1.165, 1.54) is 0 Å². The van der Waals surface area contributed by atoms with Crippen molar-refractivity contribution in [2.24, 2.45) is 11.7 Å². The van der Waals surface area contributed by atoms with Gasteiger partial charge in [0.2, 0.25) is 5.91 Å². The number of amides is 1. The van der Waals surface area contributed by atoms with Gasteiger partial charge in [-0.15, -0.1) is 0 Å². The summed E-state index contributed by atoms with van der Waals surface area (Å²) in [5, 5.41) is 0. The van der Waals surface area contributed by atoms with Crippen LogP contribution in [0.5, 0.6) is 0 Å². The van der Waals surface area contributed by atoms with E-state index in [4.69, 9.17) is 5.73 Å². The quantitative estimate of drug-likeness (QED) is 0.847. The fourth-order valence-corrected chi connectivity index (χ4v) is 2.39. The van der Waals surface area contributed by atoms with Crippen LogP contribution in [0.4, 0.5) is 0 Å². The van der Waals surface area contributed by atoms with Crippen molar-refractivity contribution in [3.05, 3.63) is 35.9 Å². The SMILES string of the molecule is CC1CCN(C(=O)C(N)c2ccccc2)C1C. The van der Waals surface area contributed by atoms with E-state index in [2.05, 4.69) is 13.8 Å². The van der Waals surface area contributed by atoms with Crippen molar-refractivity contribution in [3.8, 4) is 0 Å². The molecule has 92 valence electrons. The first-order valence-corrected chi connectivity index (χ1v) is 6.22. The molecule has 3 heteroatoms. The fraction of sp³-hybridized carbons (Fsp3) is 0.500. The topological polar surface area (TPSA) is 46.3 Å². The van der Waals surface area contributed by atoms with Gasteiger partial charge in [-0.2, -0.15) is 0 Å². The summed E-state index contributed by atoms with van der Waals surface area (Å²) in [7, 11) is 0. The number of nitrogens with zero attached hydrogens (tertiary/aromatic N) is 1. The van der Waals surface area contributed by atoms with Crippen LogP contribution in [0.1, 0.15) is 31.9 Å². The smallest absolute Gasteiger partial charge is 0.244 e. The lowest BCUT2D eigenvalue weighted by Crippen LogP contribution is -2.41. The van der Waals surface area contributed by atoms with Gasteiger partial charge in [-0.25, -0.2) is 0 Å². The zero-order valence-electron chi connectivity index (χ0n) is 10.5. The second-order valence-electron chi connectivity index (χ2n) is 4.93. The molecule has 1 amide bonds. The minimum atomic E-state index is -0.524. The second kappa shape index (κ2) is 4.88. The summed E-state index contributed by atoms with van der Waals surface area (Å²) in [6.45, 7) is 5.13. The van der Waals surface area contributed by atoms with Crippen LogP contribution in [0.2, 0.25) is 0 Å². The Morgan fingerprint density at radius 1 is 1.35 bits per heavy atom. The molecule has 2 rings (SSSR count). The summed E-state index contributed by atoms with van der Waals surface area (Å²) >= 11 is 0. The van der Waals surface area contributed by atoms with E-state index in [0.29, 0.717) is 12.0 Å². The van der Waals surface area contributed by atoms with Crippen molar-refractivity contribution >= 4 is 5.91 Å². The van der Waals surface area contributed by atoms with Gasteiger partial charge in [-0.1, -0.05) is 37.3 Å². The highest BCUT2D eigenvalue weighted by molar-refractivity contribution is 5.83. The Kier molecular flexibility index (Phi) is 3.48. The highest BCUT2D eigenvalue weighted by Gasteiger charge is 2.33. The van der Waals surface area contributed by atoms with Crippen molar-refractivity contribution in [1.82, 2.24) is 4.90 Å². The van der Waals surface area contributed by atoms with E-state index in [1.54, 1.807) is 0 Å². The van der Waals surface area contributed by atoms with E-state index in [1.807, 2.05) is 35.2 Å². The minimum Gasteiger partial charge on any atom is -0.338 e. The van der Waals surface area contributed by atoms with Gasteiger partial charge >= 0.3 is 0 Å². The van der Waals surface area contributed by atoms with Gasteiger partial charge in [0.15, 0.2) is 0 Å². The van der Waals surface area contributed by atoms with Gasteiger partial charge in [0.25, 0.3) is 0 Å². The molecule has 0 spiro atoms. The number of hydrogen-bond acceptors (Lipinski definition) is 2. The standard InChI is InChI=1S/C14H20N2O/c1-10-8-9-16(11(10)2)14(17)13(15)12-6-4-3-5-7-12/h3-7,10-11,13H,8-9,15H2,1-2H3. The second-order valence-corrected chi connectivity index (χ2v) is 4.93. The summed E-state index contributed by atoms with van der Waals surface area (Å²) in [4.78, 5) is 14.2. The molecule has 1 fully saturated rings. The van der Waals surface area contributed by atoms with Crippen LogP contribution in [0.15, 0.2) is 30.3 Å². The van der Waals surface area contributed by atoms with Gasteiger partial charge in [-0.3, -0.25) is 4.79 Å². The lowest BCUT2D eigenvalue weighted by atomic mass is 10.0. The largest absolute Gasteiger partial charge is 0.338 e. The van der Waals surface area contributed by atoms with E-state index in [0.717, 1.165) is 18.5 Å². The molecule has 3 nitrogen and oxygen atoms in total. The molecular weight excluding hydrogens is 212 g/mol. The predicted molar refractivity (Wildman–Crippen MR) is 68.3 cm³/mol. The molecule has 0 saturated carbocycles. The number of benzene rings is 1. The normalized spacial score (nSPS) is 25.9. The summed E-state index contributed by atoms with van der Waals surface area (Å²) in [6.07, 6.45) is 1.08. The maximum atomic E-state index is 12.3. The van der Waals surface area contributed by atoms with Crippen molar-refractivity contribution in [2.75, 3.05) is 6.54 Å². The summed E-state index contributed by atoms with van der Waals surface area (Å²) in [5.41, 5.74) is 6.93. The Morgan fingerprint density at radius 3 is 2.53 bits per heavy atom. The van der Waals surface area contributed by atoms with E-state index in [9.17, 15) is 4.79 Å². The molecule has 0 radical (unpaired) electrons. The monoisotopic (exact) mass is 232 g/mol. The maximum Gasteiger partial charge on any atom is 0.244 e. The van der Waals surface area contributed by atoms with E-state index >= 15 is 0 Å².